The second kappa shape index (κ2) is 6.78. The summed E-state index contributed by atoms with van der Waals surface area (Å²) < 4.78 is 5.63. The summed E-state index contributed by atoms with van der Waals surface area (Å²) in [6, 6.07) is 7.35. The first-order valence-corrected chi connectivity index (χ1v) is 7.89. The Hall–Kier alpha value is -2.41. The first kappa shape index (κ1) is 15.5. The van der Waals surface area contributed by atoms with Crippen LogP contribution in [-0.2, 0) is 0 Å². The molecule has 0 spiro atoms. The Balaban J connectivity index is 1.57. The van der Waals surface area contributed by atoms with Gasteiger partial charge in [-0.05, 0) is 44.1 Å². The van der Waals surface area contributed by atoms with Crippen molar-refractivity contribution < 1.29 is 9.52 Å². The van der Waals surface area contributed by atoms with Gasteiger partial charge in [0, 0.05) is 11.5 Å². The molecule has 0 bridgehead atoms. The predicted molar refractivity (Wildman–Crippen MR) is 92.8 cm³/mol. The van der Waals surface area contributed by atoms with E-state index in [1.54, 1.807) is 31.3 Å². The molecule has 3 N–H and O–H groups in total. The Morgan fingerprint density at radius 2 is 2.17 bits per heavy atom. The molecule has 1 saturated carbocycles. The van der Waals surface area contributed by atoms with Crippen molar-refractivity contribution in [3.05, 3.63) is 41.8 Å². The molecule has 6 nitrogen and oxygen atoms in total. The van der Waals surface area contributed by atoms with Crippen LogP contribution in [0.1, 0.15) is 43.4 Å². The molecule has 1 heterocycles. The first-order valence-electron chi connectivity index (χ1n) is 7.49. The molecule has 7 heteroatoms. The van der Waals surface area contributed by atoms with Gasteiger partial charge in [-0.15, -0.1) is 0 Å². The second-order valence-electron chi connectivity index (χ2n) is 5.48. The molecule has 23 heavy (non-hydrogen) atoms. The molecule has 2 aromatic rings. The molecular formula is C16H18N4O2S. The average Bonchev–Trinajstić information content (AvgIpc) is 2.91. The molecule has 0 unspecified atom stereocenters. The molecular weight excluding hydrogens is 312 g/mol. The second-order valence-corrected chi connectivity index (χ2v) is 5.88. The predicted octanol–water partition coefficient (Wildman–Crippen LogP) is 3.36. The van der Waals surface area contributed by atoms with Crippen molar-refractivity contribution in [1.82, 2.24) is 10.4 Å². The van der Waals surface area contributed by atoms with Crippen molar-refractivity contribution >= 4 is 29.1 Å². The van der Waals surface area contributed by atoms with E-state index >= 15 is 0 Å². The summed E-state index contributed by atoms with van der Waals surface area (Å²) in [7, 11) is 0. The summed E-state index contributed by atoms with van der Waals surface area (Å²) in [5.41, 5.74) is 3.99. The van der Waals surface area contributed by atoms with Crippen molar-refractivity contribution in [3.8, 4) is 5.75 Å². The molecule has 1 aliphatic rings. The Morgan fingerprint density at radius 1 is 1.39 bits per heavy atom. The lowest BCUT2D eigenvalue weighted by molar-refractivity contribution is 0.351. The molecule has 120 valence electrons. The highest BCUT2D eigenvalue weighted by Gasteiger charge is 2.23. The molecule has 0 radical (unpaired) electrons. The third kappa shape index (κ3) is 3.68. The van der Waals surface area contributed by atoms with Crippen LogP contribution in [0.3, 0.4) is 0 Å². The number of para-hydroxylation sites is 1. The number of hydrogen-bond acceptors (Lipinski definition) is 5. The van der Waals surface area contributed by atoms with Crippen molar-refractivity contribution in [2.75, 3.05) is 5.32 Å². The number of anilines is 1. The maximum Gasteiger partial charge on any atom is 0.301 e. The lowest BCUT2D eigenvalue weighted by atomic mass is 9.84. The highest BCUT2D eigenvalue weighted by atomic mass is 32.1. The van der Waals surface area contributed by atoms with Gasteiger partial charge in [-0.25, -0.2) is 4.98 Å². The minimum absolute atomic E-state index is 0.173. The first-order chi connectivity index (χ1) is 11.1. The summed E-state index contributed by atoms with van der Waals surface area (Å²) in [5.74, 6) is 1.56. The maximum atomic E-state index is 9.78. The summed E-state index contributed by atoms with van der Waals surface area (Å²) in [6.45, 7) is 1.78. The maximum absolute atomic E-state index is 9.78. The zero-order valence-electron chi connectivity index (χ0n) is 12.7. The van der Waals surface area contributed by atoms with Crippen molar-refractivity contribution in [3.63, 3.8) is 0 Å². The fraction of sp³-hybridized carbons (Fsp3) is 0.312. The Kier molecular flexibility index (Phi) is 4.57. The van der Waals surface area contributed by atoms with Crippen LogP contribution in [0.15, 0.2) is 40.0 Å². The Labute approximate surface area is 139 Å². The molecule has 0 aliphatic heterocycles. The van der Waals surface area contributed by atoms with Crippen LogP contribution in [0.5, 0.6) is 5.75 Å². The number of phenolic OH excluding ortho intramolecular Hbond substituents is 1. The Morgan fingerprint density at radius 3 is 2.87 bits per heavy atom. The quantitative estimate of drug-likeness (QED) is 0.453. The van der Waals surface area contributed by atoms with E-state index in [1.807, 2.05) is 6.07 Å². The standard InChI is InChI=1S/C16H18N4O2S/c1-10(12-7-2-3-8-13(12)21)19-20-16(23)18-15-17-9-14(22-15)11-5-4-6-11/h2-3,7-9,11,21H,4-6H2,1H3,(H2,17,18,20,23)/b19-10+. The van der Waals surface area contributed by atoms with Gasteiger partial charge in [-0.2, -0.15) is 5.10 Å². The van der Waals surface area contributed by atoms with Crippen LogP contribution in [0.25, 0.3) is 0 Å². The number of benzene rings is 1. The number of hydrazone groups is 1. The summed E-state index contributed by atoms with van der Waals surface area (Å²) in [4.78, 5) is 4.16. The number of phenols is 1. The Bertz CT molecular complexity index is 737. The third-order valence-corrected chi connectivity index (χ3v) is 4.06. The van der Waals surface area contributed by atoms with E-state index in [9.17, 15) is 5.11 Å². The lowest BCUT2D eigenvalue weighted by Gasteiger charge is -2.22. The van der Waals surface area contributed by atoms with Crippen molar-refractivity contribution in [1.29, 1.82) is 0 Å². The number of thiocarbonyl (C=S) groups is 1. The number of oxazole rings is 1. The normalized spacial score (nSPS) is 15.1. The summed E-state index contributed by atoms with van der Waals surface area (Å²) in [5, 5.41) is 17.1. The topological polar surface area (TPSA) is 82.7 Å². The molecule has 1 aromatic heterocycles. The molecule has 0 atom stereocenters. The van der Waals surface area contributed by atoms with Gasteiger partial charge < -0.3 is 9.52 Å². The fourth-order valence-electron chi connectivity index (χ4n) is 2.33. The number of nitrogens with zero attached hydrogens (tertiary/aromatic N) is 2. The molecule has 3 rings (SSSR count). The van der Waals surface area contributed by atoms with Crippen molar-refractivity contribution in [2.45, 2.75) is 32.1 Å². The zero-order chi connectivity index (χ0) is 16.2. The number of aromatic hydroxyl groups is 1. The monoisotopic (exact) mass is 330 g/mol. The largest absolute Gasteiger partial charge is 0.507 e. The molecule has 0 amide bonds. The van der Waals surface area contributed by atoms with E-state index in [1.165, 1.54) is 6.42 Å². The van der Waals surface area contributed by atoms with Gasteiger partial charge >= 0.3 is 6.01 Å². The van der Waals surface area contributed by atoms with Gasteiger partial charge in [0.1, 0.15) is 11.5 Å². The van der Waals surface area contributed by atoms with Crippen LogP contribution in [0.4, 0.5) is 6.01 Å². The molecule has 1 aromatic carbocycles. The summed E-state index contributed by atoms with van der Waals surface area (Å²) in [6.07, 6.45) is 5.29. The number of hydrogen-bond donors (Lipinski definition) is 3. The van der Waals surface area contributed by atoms with E-state index < -0.39 is 0 Å². The van der Waals surface area contributed by atoms with E-state index in [0.29, 0.717) is 23.2 Å². The molecule has 1 aliphatic carbocycles. The SMILES string of the molecule is C/C(=N\NC(=S)Nc1ncc(C2CCC2)o1)c1ccccc1O. The minimum atomic E-state index is 0.173. The highest BCUT2D eigenvalue weighted by Crippen LogP contribution is 2.37. The van der Waals surface area contributed by atoms with Gasteiger partial charge in [0.15, 0.2) is 5.11 Å². The average molecular weight is 330 g/mol. The minimum Gasteiger partial charge on any atom is -0.507 e. The van der Waals surface area contributed by atoms with Crippen LogP contribution >= 0.6 is 12.2 Å². The van der Waals surface area contributed by atoms with Gasteiger partial charge in [0.25, 0.3) is 0 Å². The van der Waals surface area contributed by atoms with Gasteiger partial charge in [-0.3, -0.25) is 10.7 Å². The molecule has 0 saturated heterocycles. The number of rotatable bonds is 4. The van der Waals surface area contributed by atoms with Gasteiger partial charge in [-0.1, -0.05) is 18.6 Å². The van der Waals surface area contributed by atoms with Crippen molar-refractivity contribution in [2.24, 2.45) is 5.10 Å². The van der Waals surface area contributed by atoms with Crippen LogP contribution in [0, 0.1) is 0 Å². The number of nitrogens with one attached hydrogen (secondary N) is 2. The fourth-order valence-corrected chi connectivity index (χ4v) is 2.46. The van der Waals surface area contributed by atoms with E-state index in [-0.39, 0.29) is 10.9 Å². The summed E-state index contributed by atoms with van der Waals surface area (Å²) >= 11 is 5.16. The van der Waals surface area contributed by atoms with Crippen LogP contribution < -0.4 is 10.7 Å². The van der Waals surface area contributed by atoms with E-state index in [2.05, 4.69) is 20.8 Å². The van der Waals surface area contributed by atoms with E-state index in [4.69, 9.17) is 16.6 Å². The molecule has 1 fully saturated rings. The third-order valence-electron chi connectivity index (χ3n) is 3.87. The smallest absolute Gasteiger partial charge is 0.301 e. The zero-order valence-corrected chi connectivity index (χ0v) is 13.6. The van der Waals surface area contributed by atoms with E-state index in [0.717, 1.165) is 18.6 Å². The lowest BCUT2D eigenvalue weighted by Crippen LogP contribution is -2.25. The van der Waals surface area contributed by atoms with Crippen LogP contribution in [-0.4, -0.2) is 20.9 Å². The highest BCUT2D eigenvalue weighted by molar-refractivity contribution is 7.80. The van der Waals surface area contributed by atoms with Gasteiger partial charge in [0.2, 0.25) is 0 Å². The van der Waals surface area contributed by atoms with Crippen LogP contribution in [0.2, 0.25) is 0 Å². The van der Waals surface area contributed by atoms with Gasteiger partial charge in [0.05, 0.1) is 11.9 Å². The number of aromatic nitrogens is 1.